The first-order valence-corrected chi connectivity index (χ1v) is 7.79. The van der Waals surface area contributed by atoms with E-state index in [4.69, 9.17) is 14.2 Å². The predicted octanol–water partition coefficient (Wildman–Crippen LogP) is 3.11. The van der Waals surface area contributed by atoms with Crippen LogP contribution in [0.5, 0.6) is 0 Å². The van der Waals surface area contributed by atoms with E-state index in [9.17, 15) is 9.59 Å². The molecule has 0 aliphatic heterocycles. The molecular formula is C19H20O5. The summed E-state index contributed by atoms with van der Waals surface area (Å²) >= 11 is 0. The van der Waals surface area contributed by atoms with Crippen LogP contribution < -0.4 is 0 Å². The summed E-state index contributed by atoms with van der Waals surface area (Å²) in [6, 6.07) is 17.6. The van der Waals surface area contributed by atoms with Crippen LogP contribution in [0.2, 0.25) is 0 Å². The third kappa shape index (κ3) is 6.22. The summed E-state index contributed by atoms with van der Waals surface area (Å²) < 4.78 is 15.5. The Morgan fingerprint density at radius 1 is 0.625 bits per heavy atom. The van der Waals surface area contributed by atoms with Gasteiger partial charge in [-0.25, -0.2) is 9.59 Å². The van der Waals surface area contributed by atoms with Crippen molar-refractivity contribution in [3.63, 3.8) is 0 Å². The van der Waals surface area contributed by atoms with Crippen molar-refractivity contribution >= 4 is 11.9 Å². The molecule has 126 valence electrons. The molecule has 0 spiro atoms. The molecule has 0 atom stereocenters. The number of rotatable bonds is 9. The molecule has 0 unspecified atom stereocenters. The standard InChI is InChI=1S/C19H20O5/c20-18(16-8-3-1-4-9-16)23-13-7-12-22-14-15-24-19(21)17-10-5-2-6-11-17/h1-6,8-11H,7,12-15H2. The fourth-order valence-electron chi connectivity index (χ4n) is 1.94. The van der Waals surface area contributed by atoms with Gasteiger partial charge in [-0.1, -0.05) is 36.4 Å². The maximum atomic E-state index is 11.7. The molecule has 0 aromatic heterocycles. The summed E-state index contributed by atoms with van der Waals surface area (Å²) in [4.78, 5) is 23.3. The maximum Gasteiger partial charge on any atom is 0.338 e. The first-order valence-electron chi connectivity index (χ1n) is 7.79. The number of carbonyl (C=O) groups is 2. The van der Waals surface area contributed by atoms with Crippen LogP contribution in [0.25, 0.3) is 0 Å². The van der Waals surface area contributed by atoms with E-state index >= 15 is 0 Å². The lowest BCUT2D eigenvalue weighted by molar-refractivity contribution is 0.0256. The Kier molecular flexibility index (Phi) is 7.50. The Hall–Kier alpha value is -2.66. The van der Waals surface area contributed by atoms with Crippen LogP contribution in [-0.4, -0.2) is 38.4 Å². The third-order valence-electron chi connectivity index (χ3n) is 3.15. The van der Waals surface area contributed by atoms with E-state index in [-0.39, 0.29) is 25.2 Å². The molecule has 24 heavy (non-hydrogen) atoms. The zero-order valence-electron chi connectivity index (χ0n) is 13.4. The highest BCUT2D eigenvalue weighted by atomic mass is 16.6. The van der Waals surface area contributed by atoms with Crippen LogP contribution >= 0.6 is 0 Å². The second-order valence-electron chi connectivity index (χ2n) is 4.97. The minimum atomic E-state index is -0.365. The lowest BCUT2D eigenvalue weighted by atomic mass is 10.2. The van der Waals surface area contributed by atoms with Gasteiger partial charge in [-0.05, 0) is 24.3 Å². The van der Waals surface area contributed by atoms with Crippen molar-refractivity contribution in [3.05, 3.63) is 71.8 Å². The normalized spacial score (nSPS) is 10.2. The topological polar surface area (TPSA) is 61.8 Å². The molecule has 0 aliphatic rings. The van der Waals surface area contributed by atoms with Crippen LogP contribution in [0, 0.1) is 0 Å². The molecule has 0 bridgehead atoms. The van der Waals surface area contributed by atoms with Crippen LogP contribution in [0.1, 0.15) is 27.1 Å². The molecule has 0 N–H and O–H groups in total. The molecule has 0 heterocycles. The van der Waals surface area contributed by atoms with Crippen LogP contribution in [0.3, 0.4) is 0 Å². The second kappa shape index (κ2) is 10.2. The summed E-state index contributed by atoms with van der Waals surface area (Å²) in [6.07, 6.45) is 0.588. The molecule has 0 saturated carbocycles. The molecule has 0 aliphatic carbocycles. The molecular weight excluding hydrogens is 308 g/mol. The number of hydrogen-bond donors (Lipinski definition) is 0. The highest BCUT2D eigenvalue weighted by molar-refractivity contribution is 5.89. The molecule has 0 radical (unpaired) electrons. The molecule has 5 nitrogen and oxygen atoms in total. The van der Waals surface area contributed by atoms with E-state index in [1.54, 1.807) is 48.5 Å². The van der Waals surface area contributed by atoms with E-state index < -0.39 is 0 Å². The van der Waals surface area contributed by atoms with Gasteiger partial charge in [-0.2, -0.15) is 0 Å². The molecule has 2 aromatic rings. The summed E-state index contributed by atoms with van der Waals surface area (Å²) in [5.41, 5.74) is 1.05. The highest BCUT2D eigenvalue weighted by Crippen LogP contribution is 2.02. The van der Waals surface area contributed by atoms with E-state index in [1.807, 2.05) is 12.1 Å². The Morgan fingerprint density at radius 2 is 1.12 bits per heavy atom. The molecule has 5 heteroatoms. The number of hydrogen-bond acceptors (Lipinski definition) is 5. The van der Waals surface area contributed by atoms with Gasteiger partial charge in [-0.15, -0.1) is 0 Å². The van der Waals surface area contributed by atoms with Gasteiger partial charge >= 0.3 is 11.9 Å². The Bertz CT molecular complexity index is 567. The summed E-state index contributed by atoms with van der Waals surface area (Å²) in [7, 11) is 0. The number of esters is 2. The lowest BCUT2D eigenvalue weighted by Gasteiger charge is -2.07. The zero-order chi connectivity index (χ0) is 17.0. The average Bonchev–Trinajstić information content (AvgIpc) is 2.65. The van der Waals surface area contributed by atoms with Crippen LogP contribution in [-0.2, 0) is 14.2 Å². The van der Waals surface area contributed by atoms with Crippen molar-refractivity contribution in [1.82, 2.24) is 0 Å². The molecule has 0 saturated heterocycles. The van der Waals surface area contributed by atoms with E-state index in [1.165, 1.54) is 0 Å². The molecule has 2 rings (SSSR count). The second-order valence-corrected chi connectivity index (χ2v) is 4.97. The maximum absolute atomic E-state index is 11.7. The smallest absolute Gasteiger partial charge is 0.338 e. The van der Waals surface area contributed by atoms with E-state index in [2.05, 4.69) is 0 Å². The Morgan fingerprint density at radius 3 is 1.67 bits per heavy atom. The largest absolute Gasteiger partial charge is 0.462 e. The van der Waals surface area contributed by atoms with Gasteiger partial charge in [0, 0.05) is 13.0 Å². The molecule has 0 fully saturated rings. The van der Waals surface area contributed by atoms with Crippen molar-refractivity contribution in [2.45, 2.75) is 6.42 Å². The summed E-state index contributed by atoms with van der Waals surface area (Å²) in [6.45, 7) is 1.23. The van der Waals surface area contributed by atoms with Crippen LogP contribution in [0.4, 0.5) is 0 Å². The van der Waals surface area contributed by atoms with Gasteiger partial charge in [0.2, 0.25) is 0 Å². The van der Waals surface area contributed by atoms with Gasteiger partial charge in [0.05, 0.1) is 24.3 Å². The average molecular weight is 328 g/mol. The highest BCUT2D eigenvalue weighted by Gasteiger charge is 2.06. The predicted molar refractivity (Wildman–Crippen MR) is 88.9 cm³/mol. The van der Waals surface area contributed by atoms with E-state index in [0.29, 0.717) is 30.8 Å². The lowest BCUT2D eigenvalue weighted by Crippen LogP contribution is -2.12. The van der Waals surface area contributed by atoms with Crippen molar-refractivity contribution in [1.29, 1.82) is 0 Å². The Labute approximate surface area is 141 Å². The van der Waals surface area contributed by atoms with E-state index in [0.717, 1.165) is 0 Å². The third-order valence-corrected chi connectivity index (χ3v) is 3.15. The zero-order valence-corrected chi connectivity index (χ0v) is 13.4. The summed E-state index contributed by atoms with van der Waals surface area (Å²) in [5, 5.41) is 0. The fourth-order valence-corrected chi connectivity index (χ4v) is 1.94. The van der Waals surface area contributed by atoms with Gasteiger partial charge < -0.3 is 14.2 Å². The van der Waals surface area contributed by atoms with Gasteiger partial charge in [0.25, 0.3) is 0 Å². The Balaban J connectivity index is 1.48. The number of benzene rings is 2. The van der Waals surface area contributed by atoms with Crippen molar-refractivity contribution < 1.29 is 23.8 Å². The van der Waals surface area contributed by atoms with Crippen molar-refractivity contribution in [3.8, 4) is 0 Å². The van der Waals surface area contributed by atoms with Gasteiger partial charge in [0.15, 0.2) is 0 Å². The first-order chi connectivity index (χ1) is 11.8. The quantitative estimate of drug-likeness (QED) is 0.523. The molecule has 0 amide bonds. The SMILES string of the molecule is O=C(OCCCOCCOC(=O)c1ccccc1)c1ccccc1. The first kappa shape index (κ1) is 17.7. The van der Waals surface area contributed by atoms with Gasteiger partial charge in [0.1, 0.15) is 6.61 Å². The number of carbonyl (C=O) groups excluding carboxylic acids is 2. The van der Waals surface area contributed by atoms with Crippen molar-refractivity contribution in [2.24, 2.45) is 0 Å². The molecule has 2 aromatic carbocycles. The van der Waals surface area contributed by atoms with Crippen molar-refractivity contribution in [2.75, 3.05) is 26.4 Å². The monoisotopic (exact) mass is 328 g/mol. The minimum absolute atomic E-state index is 0.192. The van der Waals surface area contributed by atoms with Gasteiger partial charge in [-0.3, -0.25) is 0 Å². The summed E-state index contributed by atoms with van der Waals surface area (Å²) in [5.74, 6) is -0.705. The van der Waals surface area contributed by atoms with Crippen LogP contribution in [0.15, 0.2) is 60.7 Å². The number of ether oxygens (including phenoxy) is 3. The fraction of sp³-hybridized carbons (Fsp3) is 0.263. The minimum Gasteiger partial charge on any atom is -0.462 e.